The Labute approximate surface area is 214 Å². The molecule has 5 aromatic carbocycles. The van der Waals surface area contributed by atoms with E-state index in [0.29, 0.717) is 0 Å². The standard InChI is InChI=1S/C36H32/c1-5-7-8-15-29(22-25(3)6-2)36-32-17-12-11-16-31(32)35(33-21-18-26(4)23-34(33)36)30-20-19-27-13-9-10-14-28(27)24-30/h5-6,8-25H,1-2,7H2,3-4H3/b15-8-,29-22+/t25-/m1/s1. The van der Waals surface area contributed by atoms with Crippen LogP contribution < -0.4 is 0 Å². The van der Waals surface area contributed by atoms with E-state index in [2.05, 4.69) is 130 Å². The zero-order chi connectivity index (χ0) is 25.1. The van der Waals surface area contributed by atoms with Gasteiger partial charge >= 0.3 is 0 Å². The van der Waals surface area contributed by atoms with Gasteiger partial charge in [-0.15, -0.1) is 13.2 Å². The summed E-state index contributed by atoms with van der Waals surface area (Å²) in [6.07, 6.45) is 11.5. The molecule has 0 fully saturated rings. The Hall–Kier alpha value is -4.16. The van der Waals surface area contributed by atoms with Crippen molar-refractivity contribution in [2.45, 2.75) is 20.3 Å². The summed E-state index contributed by atoms with van der Waals surface area (Å²) < 4.78 is 0. The smallest absolute Gasteiger partial charge is 0.00261 e. The maximum atomic E-state index is 4.04. The van der Waals surface area contributed by atoms with Crippen molar-refractivity contribution in [2.75, 3.05) is 0 Å². The van der Waals surface area contributed by atoms with Gasteiger partial charge < -0.3 is 0 Å². The Morgan fingerprint density at radius 3 is 2.28 bits per heavy atom. The number of hydrogen-bond acceptors (Lipinski definition) is 0. The van der Waals surface area contributed by atoms with E-state index in [1.807, 2.05) is 12.2 Å². The summed E-state index contributed by atoms with van der Waals surface area (Å²) in [5, 5.41) is 7.62. The molecular formula is C36H32. The van der Waals surface area contributed by atoms with Crippen molar-refractivity contribution in [2.24, 2.45) is 5.92 Å². The lowest BCUT2D eigenvalue weighted by Gasteiger charge is -2.19. The van der Waals surface area contributed by atoms with Crippen molar-refractivity contribution in [3.8, 4) is 11.1 Å². The lowest BCUT2D eigenvalue weighted by Crippen LogP contribution is -1.95. The third-order valence-corrected chi connectivity index (χ3v) is 6.92. The summed E-state index contributed by atoms with van der Waals surface area (Å²) in [6.45, 7) is 12.3. The lowest BCUT2D eigenvalue weighted by atomic mass is 9.84. The van der Waals surface area contributed by atoms with Crippen molar-refractivity contribution < 1.29 is 0 Å². The van der Waals surface area contributed by atoms with Crippen LogP contribution in [-0.4, -0.2) is 0 Å². The van der Waals surface area contributed by atoms with E-state index in [9.17, 15) is 0 Å². The maximum absolute atomic E-state index is 4.04. The Balaban J connectivity index is 1.91. The topological polar surface area (TPSA) is 0 Å². The van der Waals surface area contributed by atoms with Gasteiger partial charge in [-0.05, 0) is 79.9 Å². The first-order chi connectivity index (χ1) is 17.6. The van der Waals surface area contributed by atoms with Crippen molar-refractivity contribution >= 4 is 37.9 Å². The molecule has 0 aliphatic heterocycles. The molecule has 0 heterocycles. The van der Waals surface area contributed by atoms with Gasteiger partial charge in [-0.2, -0.15) is 0 Å². The summed E-state index contributed by atoms with van der Waals surface area (Å²) in [6, 6.07) is 31.1. The highest BCUT2D eigenvalue weighted by atomic mass is 14.2. The molecule has 0 aliphatic rings. The van der Waals surface area contributed by atoms with Gasteiger partial charge in [0.1, 0.15) is 0 Å². The van der Waals surface area contributed by atoms with E-state index in [0.717, 1.165) is 6.42 Å². The second-order valence-electron chi connectivity index (χ2n) is 9.55. The van der Waals surface area contributed by atoms with Gasteiger partial charge in [0, 0.05) is 0 Å². The van der Waals surface area contributed by atoms with Crippen LogP contribution in [0.25, 0.3) is 49.0 Å². The predicted octanol–water partition coefficient (Wildman–Crippen LogP) is 10.5. The largest absolute Gasteiger partial charge is 0.103 e. The SMILES string of the molecule is C=CC/C=C\C(=C/[C@H](C)C=C)c1c2ccccc2c(-c2ccc3ccccc3c2)c2ccc(C)cc12. The fourth-order valence-electron chi connectivity index (χ4n) is 5.12. The molecule has 0 amide bonds. The number of aryl methyl sites for hydroxylation is 1. The molecule has 0 N–H and O–H groups in total. The zero-order valence-corrected chi connectivity index (χ0v) is 21.2. The summed E-state index contributed by atoms with van der Waals surface area (Å²) >= 11 is 0. The maximum Gasteiger partial charge on any atom is -0.00261 e. The Morgan fingerprint density at radius 2 is 1.50 bits per heavy atom. The van der Waals surface area contributed by atoms with Crippen LogP contribution in [0, 0.1) is 12.8 Å². The average Bonchev–Trinajstić information content (AvgIpc) is 2.91. The lowest BCUT2D eigenvalue weighted by molar-refractivity contribution is 0.947. The number of allylic oxidation sites excluding steroid dienone is 6. The van der Waals surface area contributed by atoms with Crippen molar-refractivity contribution in [3.05, 3.63) is 140 Å². The van der Waals surface area contributed by atoms with E-state index in [1.54, 1.807) is 0 Å². The molecular weight excluding hydrogens is 432 g/mol. The normalized spacial score (nSPS) is 13.0. The third kappa shape index (κ3) is 4.43. The van der Waals surface area contributed by atoms with E-state index in [4.69, 9.17) is 0 Å². The van der Waals surface area contributed by atoms with Crippen LogP contribution in [0.15, 0.2) is 128 Å². The molecule has 36 heavy (non-hydrogen) atoms. The van der Waals surface area contributed by atoms with Crippen LogP contribution in [0.3, 0.4) is 0 Å². The number of hydrogen-bond donors (Lipinski definition) is 0. The monoisotopic (exact) mass is 464 g/mol. The van der Waals surface area contributed by atoms with Crippen LogP contribution in [-0.2, 0) is 0 Å². The van der Waals surface area contributed by atoms with Crippen LogP contribution in [0.2, 0.25) is 0 Å². The van der Waals surface area contributed by atoms with Crippen molar-refractivity contribution in [1.29, 1.82) is 0 Å². The molecule has 0 radical (unpaired) electrons. The third-order valence-electron chi connectivity index (χ3n) is 6.92. The highest BCUT2D eigenvalue weighted by molar-refractivity contribution is 6.20. The molecule has 5 aromatic rings. The minimum atomic E-state index is 0.257. The van der Waals surface area contributed by atoms with Gasteiger partial charge in [0.25, 0.3) is 0 Å². The summed E-state index contributed by atoms with van der Waals surface area (Å²) in [5.41, 5.74) is 6.30. The summed E-state index contributed by atoms with van der Waals surface area (Å²) in [7, 11) is 0. The van der Waals surface area contributed by atoms with E-state index in [-0.39, 0.29) is 5.92 Å². The molecule has 0 bridgehead atoms. The van der Waals surface area contributed by atoms with Gasteiger partial charge in [0.2, 0.25) is 0 Å². The molecule has 0 nitrogen and oxygen atoms in total. The molecule has 176 valence electrons. The van der Waals surface area contributed by atoms with Crippen LogP contribution in [0.1, 0.15) is 24.5 Å². The van der Waals surface area contributed by atoms with Crippen molar-refractivity contribution in [3.63, 3.8) is 0 Å². The van der Waals surface area contributed by atoms with Gasteiger partial charge in [0.05, 0.1) is 0 Å². The minimum absolute atomic E-state index is 0.257. The molecule has 0 spiro atoms. The fourth-order valence-corrected chi connectivity index (χ4v) is 5.12. The molecule has 1 atom stereocenters. The highest BCUT2D eigenvalue weighted by Crippen LogP contribution is 2.43. The van der Waals surface area contributed by atoms with Crippen LogP contribution in [0.4, 0.5) is 0 Å². The Kier molecular flexibility index (Phi) is 6.69. The molecule has 5 rings (SSSR count). The summed E-state index contributed by atoms with van der Waals surface area (Å²) in [5.74, 6) is 0.257. The quantitative estimate of drug-likeness (QED) is 0.128. The van der Waals surface area contributed by atoms with Crippen molar-refractivity contribution in [1.82, 2.24) is 0 Å². The first-order valence-electron chi connectivity index (χ1n) is 12.7. The molecule has 0 aliphatic carbocycles. The Bertz CT molecular complexity index is 1660. The van der Waals surface area contributed by atoms with Crippen LogP contribution >= 0.6 is 0 Å². The fraction of sp³-hybridized carbons (Fsp3) is 0.111. The Morgan fingerprint density at radius 1 is 0.778 bits per heavy atom. The van der Waals surface area contributed by atoms with E-state index >= 15 is 0 Å². The second-order valence-corrected chi connectivity index (χ2v) is 9.55. The average molecular weight is 465 g/mol. The number of rotatable bonds is 7. The predicted molar refractivity (Wildman–Crippen MR) is 160 cm³/mol. The second kappa shape index (κ2) is 10.2. The molecule has 0 heteroatoms. The first kappa shape index (κ1) is 23.6. The van der Waals surface area contributed by atoms with E-state index in [1.165, 1.54) is 60.1 Å². The van der Waals surface area contributed by atoms with E-state index < -0.39 is 0 Å². The van der Waals surface area contributed by atoms with Crippen LogP contribution in [0.5, 0.6) is 0 Å². The molecule has 0 saturated heterocycles. The number of fused-ring (bicyclic) bond motifs is 3. The van der Waals surface area contributed by atoms with Gasteiger partial charge in [-0.25, -0.2) is 0 Å². The molecule has 0 unspecified atom stereocenters. The van der Waals surface area contributed by atoms with Gasteiger partial charge in [0.15, 0.2) is 0 Å². The van der Waals surface area contributed by atoms with Gasteiger partial charge in [-0.3, -0.25) is 0 Å². The number of benzene rings is 5. The summed E-state index contributed by atoms with van der Waals surface area (Å²) in [4.78, 5) is 0. The zero-order valence-electron chi connectivity index (χ0n) is 21.2. The molecule has 0 saturated carbocycles. The first-order valence-corrected chi connectivity index (χ1v) is 12.7. The minimum Gasteiger partial charge on any atom is -0.103 e. The highest BCUT2D eigenvalue weighted by Gasteiger charge is 2.17. The molecule has 0 aromatic heterocycles. The van der Waals surface area contributed by atoms with Gasteiger partial charge in [-0.1, -0.05) is 122 Å².